The van der Waals surface area contributed by atoms with Crippen molar-refractivity contribution in [2.75, 3.05) is 11.9 Å². The highest BCUT2D eigenvalue weighted by molar-refractivity contribution is 5.91. The van der Waals surface area contributed by atoms with Crippen molar-refractivity contribution in [1.82, 2.24) is 10.5 Å². The molecule has 0 spiro atoms. The van der Waals surface area contributed by atoms with Crippen LogP contribution in [0.2, 0.25) is 0 Å². The molecule has 0 saturated heterocycles. The topological polar surface area (TPSA) is 84.7 Å². The number of urea groups is 1. The van der Waals surface area contributed by atoms with Gasteiger partial charge in [0.05, 0.1) is 12.1 Å². The van der Waals surface area contributed by atoms with E-state index in [4.69, 9.17) is 9.26 Å². The maximum absolute atomic E-state index is 12.0. The summed E-state index contributed by atoms with van der Waals surface area (Å²) in [4.78, 5) is 25.5. The average molecular weight is 359 g/mol. The van der Waals surface area contributed by atoms with Crippen molar-refractivity contribution < 1.29 is 18.8 Å². The van der Waals surface area contributed by atoms with Crippen molar-refractivity contribution in [3.8, 4) is 5.75 Å². The first kappa shape index (κ1) is 19.5. The molecule has 2 amide bonds. The molecular weight excluding hydrogens is 334 g/mol. The van der Waals surface area contributed by atoms with Crippen LogP contribution in [-0.2, 0) is 11.2 Å². The third kappa shape index (κ3) is 5.08. The number of hydrogen-bond donors (Lipinski definition) is 1. The van der Waals surface area contributed by atoms with Crippen LogP contribution in [0.4, 0.5) is 10.5 Å². The fraction of sp³-hybridized carbons (Fsp3) is 0.421. The molecule has 0 fully saturated rings. The second-order valence-corrected chi connectivity index (χ2v) is 6.43. The Hall–Kier alpha value is -2.83. The minimum Gasteiger partial charge on any atom is -0.427 e. The van der Waals surface area contributed by atoms with E-state index in [1.807, 2.05) is 27.7 Å². The van der Waals surface area contributed by atoms with E-state index in [1.54, 1.807) is 31.3 Å². The lowest BCUT2D eigenvalue weighted by Crippen LogP contribution is -2.40. The summed E-state index contributed by atoms with van der Waals surface area (Å²) in [5, 5.41) is 6.69. The highest BCUT2D eigenvalue weighted by Crippen LogP contribution is 2.20. The van der Waals surface area contributed by atoms with Crippen molar-refractivity contribution in [2.24, 2.45) is 0 Å². The number of carbonyl (C=O) groups is 2. The summed E-state index contributed by atoms with van der Waals surface area (Å²) in [6, 6.07) is 6.67. The zero-order valence-corrected chi connectivity index (χ0v) is 15.8. The minimum atomic E-state index is -0.330. The maximum Gasteiger partial charge on any atom is 0.321 e. The number of esters is 1. The van der Waals surface area contributed by atoms with Crippen molar-refractivity contribution in [3.63, 3.8) is 0 Å². The maximum atomic E-state index is 12.0. The van der Waals surface area contributed by atoms with Gasteiger partial charge < -0.3 is 14.6 Å². The quantitative estimate of drug-likeness (QED) is 0.631. The smallest absolute Gasteiger partial charge is 0.321 e. The molecule has 1 aromatic heterocycles. The van der Waals surface area contributed by atoms with E-state index < -0.39 is 0 Å². The number of aromatic nitrogens is 1. The lowest BCUT2D eigenvalue weighted by atomic mass is 10.1. The van der Waals surface area contributed by atoms with Gasteiger partial charge in [0, 0.05) is 24.3 Å². The van der Waals surface area contributed by atoms with E-state index in [2.05, 4.69) is 10.5 Å². The zero-order valence-electron chi connectivity index (χ0n) is 15.8. The highest BCUT2D eigenvalue weighted by Gasteiger charge is 2.14. The van der Waals surface area contributed by atoms with Gasteiger partial charge in [-0.1, -0.05) is 5.16 Å². The van der Waals surface area contributed by atoms with Gasteiger partial charge in [0.15, 0.2) is 0 Å². The molecular formula is C19H25N3O4. The van der Waals surface area contributed by atoms with E-state index in [0.717, 1.165) is 17.0 Å². The van der Waals surface area contributed by atoms with Crippen LogP contribution in [0.25, 0.3) is 0 Å². The lowest BCUT2D eigenvalue weighted by molar-refractivity contribution is -0.134. The molecule has 0 atom stereocenters. The van der Waals surface area contributed by atoms with Crippen LogP contribution in [0, 0.1) is 13.8 Å². The second kappa shape index (κ2) is 8.51. The monoisotopic (exact) mass is 359 g/mol. The Morgan fingerprint density at radius 1 is 1.23 bits per heavy atom. The molecule has 1 heterocycles. The summed E-state index contributed by atoms with van der Waals surface area (Å²) in [6.07, 6.45) is 0.761. The van der Waals surface area contributed by atoms with E-state index >= 15 is 0 Å². The van der Waals surface area contributed by atoms with Crippen LogP contribution in [0.15, 0.2) is 28.8 Å². The number of hydrogen-bond acceptors (Lipinski definition) is 5. The molecule has 7 nitrogen and oxygen atoms in total. The summed E-state index contributed by atoms with van der Waals surface area (Å²) >= 11 is 0. The van der Waals surface area contributed by atoms with E-state index in [-0.39, 0.29) is 24.5 Å². The van der Waals surface area contributed by atoms with Gasteiger partial charge in [0.2, 0.25) is 0 Å². The SMILES string of the molecule is Cc1noc(C)c1CCC(=O)Oc1ccc(N(C)C(=O)NC(C)C)cc1. The highest BCUT2D eigenvalue weighted by atomic mass is 16.5. The number of benzene rings is 1. The summed E-state index contributed by atoms with van der Waals surface area (Å²) in [5.41, 5.74) is 2.44. The Morgan fingerprint density at radius 2 is 1.88 bits per heavy atom. The number of anilines is 1. The molecule has 7 heteroatoms. The van der Waals surface area contributed by atoms with Gasteiger partial charge in [0.25, 0.3) is 0 Å². The third-order valence-electron chi connectivity index (χ3n) is 3.93. The van der Waals surface area contributed by atoms with Crippen LogP contribution in [0.5, 0.6) is 5.75 Å². The van der Waals surface area contributed by atoms with Crippen molar-refractivity contribution in [2.45, 2.75) is 46.6 Å². The van der Waals surface area contributed by atoms with Crippen molar-refractivity contribution in [1.29, 1.82) is 0 Å². The van der Waals surface area contributed by atoms with Crippen LogP contribution in [0.3, 0.4) is 0 Å². The number of ether oxygens (including phenoxy) is 1. The molecule has 0 aliphatic carbocycles. The molecule has 0 aliphatic rings. The predicted molar refractivity (Wildman–Crippen MR) is 98.4 cm³/mol. The normalized spacial score (nSPS) is 10.7. The predicted octanol–water partition coefficient (Wildman–Crippen LogP) is 3.38. The first-order chi connectivity index (χ1) is 12.3. The van der Waals surface area contributed by atoms with Crippen molar-refractivity contribution >= 4 is 17.7 Å². The average Bonchev–Trinajstić information content (AvgIpc) is 2.90. The van der Waals surface area contributed by atoms with E-state index in [9.17, 15) is 9.59 Å². The minimum absolute atomic E-state index is 0.0582. The van der Waals surface area contributed by atoms with Gasteiger partial charge >= 0.3 is 12.0 Å². The Balaban J connectivity index is 1.90. The van der Waals surface area contributed by atoms with Crippen LogP contribution < -0.4 is 15.0 Å². The van der Waals surface area contributed by atoms with Crippen LogP contribution >= 0.6 is 0 Å². The van der Waals surface area contributed by atoms with E-state index in [1.165, 1.54) is 4.90 Å². The Bertz CT molecular complexity index is 746. The van der Waals surface area contributed by atoms with Gasteiger partial charge in [-0.25, -0.2) is 4.79 Å². The van der Waals surface area contributed by atoms with Crippen molar-refractivity contribution in [3.05, 3.63) is 41.3 Å². The number of nitrogens with zero attached hydrogens (tertiary/aromatic N) is 2. The fourth-order valence-electron chi connectivity index (χ4n) is 2.47. The number of carbonyl (C=O) groups excluding carboxylic acids is 2. The zero-order chi connectivity index (χ0) is 19.3. The Kier molecular flexibility index (Phi) is 6.38. The molecule has 1 N–H and O–H groups in total. The molecule has 0 saturated carbocycles. The van der Waals surface area contributed by atoms with Gasteiger partial charge in [-0.05, 0) is 58.4 Å². The molecule has 26 heavy (non-hydrogen) atoms. The molecule has 0 aliphatic heterocycles. The summed E-state index contributed by atoms with van der Waals surface area (Å²) in [5.74, 6) is 0.834. The number of rotatable bonds is 6. The molecule has 0 radical (unpaired) electrons. The second-order valence-electron chi connectivity index (χ2n) is 6.43. The summed E-state index contributed by atoms with van der Waals surface area (Å²) < 4.78 is 10.4. The molecule has 1 aromatic carbocycles. The molecule has 140 valence electrons. The number of amides is 2. The lowest BCUT2D eigenvalue weighted by Gasteiger charge is -2.20. The first-order valence-electron chi connectivity index (χ1n) is 8.54. The van der Waals surface area contributed by atoms with Gasteiger partial charge in [-0.3, -0.25) is 9.69 Å². The standard InChI is InChI=1S/C19H25N3O4/c1-12(2)20-19(24)22(5)15-6-8-16(9-7-15)25-18(23)11-10-17-13(3)21-26-14(17)4/h6-9,12H,10-11H2,1-5H3,(H,20,24). The van der Waals surface area contributed by atoms with E-state index in [0.29, 0.717) is 17.9 Å². The largest absolute Gasteiger partial charge is 0.427 e. The Morgan fingerprint density at radius 3 is 2.42 bits per heavy atom. The third-order valence-corrected chi connectivity index (χ3v) is 3.93. The number of nitrogens with one attached hydrogen (secondary N) is 1. The molecule has 2 aromatic rings. The summed E-state index contributed by atoms with van der Waals surface area (Å²) in [6.45, 7) is 7.47. The molecule has 2 rings (SSSR count). The number of aryl methyl sites for hydroxylation is 2. The molecule has 0 bridgehead atoms. The molecule has 0 unspecified atom stereocenters. The van der Waals surface area contributed by atoms with Gasteiger partial charge in [0.1, 0.15) is 11.5 Å². The van der Waals surface area contributed by atoms with Crippen LogP contribution in [-0.4, -0.2) is 30.2 Å². The fourth-order valence-corrected chi connectivity index (χ4v) is 2.47. The Labute approximate surface area is 153 Å². The van der Waals surface area contributed by atoms with Crippen LogP contribution in [0.1, 0.15) is 37.3 Å². The van der Waals surface area contributed by atoms with Gasteiger partial charge in [-0.15, -0.1) is 0 Å². The summed E-state index contributed by atoms with van der Waals surface area (Å²) in [7, 11) is 1.68. The first-order valence-corrected chi connectivity index (χ1v) is 8.54. The van der Waals surface area contributed by atoms with Gasteiger partial charge in [-0.2, -0.15) is 0 Å².